The Morgan fingerprint density at radius 2 is 1.88 bits per heavy atom. The van der Waals surface area contributed by atoms with Crippen LogP contribution in [-0.2, 0) is 14.3 Å². The number of aliphatic carboxylic acids is 1. The zero-order valence-electron chi connectivity index (χ0n) is 13.5. The molecule has 130 valence electrons. The highest BCUT2D eigenvalue weighted by Crippen LogP contribution is 2.31. The maximum atomic E-state index is 13.4. The lowest BCUT2D eigenvalue weighted by Gasteiger charge is -2.36. The molecule has 1 atom stereocenters. The Hall–Kier alpha value is -1.95. The van der Waals surface area contributed by atoms with Crippen molar-refractivity contribution in [3.63, 3.8) is 0 Å². The summed E-state index contributed by atoms with van der Waals surface area (Å²) in [6.45, 7) is 1.38. The minimum Gasteiger partial charge on any atom is -0.481 e. The maximum Gasteiger partial charge on any atom is 0.306 e. The van der Waals surface area contributed by atoms with Crippen molar-refractivity contribution in [2.75, 3.05) is 19.7 Å². The van der Waals surface area contributed by atoms with E-state index in [0.717, 1.165) is 5.56 Å². The van der Waals surface area contributed by atoms with Crippen molar-refractivity contribution in [1.29, 1.82) is 0 Å². The normalized spacial score (nSPS) is 27.7. The van der Waals surface area contributed by atoms with Crippen LogP contribution in [0.5, 0.6) is 0 Å². The van der Waals surface area contributed by atoms with Crippen LogP contribution in [0.25, 0.3) is 0 Å². The third-order valence-corrected chi connectivity index (χ3v) is 5.02. The van der Waals surface area contributed by atoms with E-state index in [1.54, 1.807) is 17.0 Å². The number of benzene rings is 1. The number of halogens is 1. The molecule has 1 aromatic carbocycles. The summed E-state index contributed by atoms with van der Waals surface area (Å²) >= 11 is 0. The smallest absolute Gasteiger partial charge is 0.306 e. The highest BCUT2D eigenvalue weighted by atomic mass is 19.1. The predicted molar refractivity (Wildman–Crippen MR) is 84.8 cm³/mol. The lowest BCUT2D eigenvalue weighted by atomic mass is 9.81. The van der Waals surface area contributed by atoms with E-state index in [4.69, 9.17) is 9.84 Å². The van der Waals surface area contributed by atoms with Crippen LogP contribution < -0.4 is 0 Å². The quantitative estimate of drug-likeness (QED) is 0.922. The van der Waals surface area contributed by atoms with Gasteiger partial charge in [-0.1, -0.05) is 12.1 Å². The molecule has 2 fully saturated rings. The van der Waals surface area contributed by atoms with Crippen LogP contribution in [0.1, 0.15) is 37.4 Å². The third-order valence-electron chi connectivity index (χ3n) is 5.02. The molecule has 1 aromatic rings. The van der Waals surface area contributed by atoms with Gasteiger partial charge in [0.25, 0.3) is 0 Å². The summed E-state index contributed by atoms with van der Waals surface area (Å²) in [4.78, 5) is 25.5. The highest BCUT2D eigenvalue weighted by molar-refractivity contribution is 5.79. The second kappa shape index (κ2) is 7.30. The molecule has 0 aromatic heterocycles. The van der Waals surface area contributed by atoms with E-state index in [2.05, 4.69) is 0 Å². The Bertz CT molecular complexity index is 613. The number of amides is 1. The molecule has 5 nitrogen and oxygen atoms in total. The Balaban J connectivity index is 1.60. The first kappa shape index (κ1) is 16.9. The molecule has 2 aliphatic rings. The summed E-state index contributed by atoms with van der Waals surface area (Å²) in [6, 6.07) is 6.27. The molecule has 1 saturated heterocycles. The molecule has 0 bridgehead atoms. The van der Waals surface area contributed by atoms with Gasteiger partial charge in [0.2, 0.25) is 5.91 Å². The second-order valence-corrected chi connectivity index (χ2v) is 6.59. The fraction of sp³-hybridized carbons (Fsp3) is 0.556. The molecule has 1 amide bonds. The molecule has 1 heterocycles. The van der Waals surface area contributed by atoms with Gasteiger partial charge in [0.05, 0.1) is 19.1 Å². The van der Waals surface area contributed by atoms with Gasteiger partial charge in [0.1, 0.15) is 11.9 Å². The molecule has 0 radical (unpaired) electrons. The predicted octanol–water partition coefficient (Wildman–Crippen LogP) is 2.62. The van der Waals surface area contributed by atoms with E-state index in [9.17, 15) is 14.0 Å². The van der Waals surface area contributed by atoms with E-state index in [-0.39, 0.29) is 29.7 Å². The number of hydrogen-bond donors (Lipinski definition) is 1. The molecule has 3 rings (SSSR count). The number of ether oxygens (including phenoxy) is 1. The first-order chi connectivity index (χ1) is 11.5. The summed E-state index contributed by atoms with van der Waals surface area (Å²) in [5.41, 5.74) is 0.738. The summed E-state index contributed by atoms with van der Waals surface area (Å²) in [5.74, 6) is -1.43. The standard InChI is InChI=1S/C18H22FNO4/c19-15-3-1-2-14(10-15)16-11-20(8-9-24-16)17(21)12-4-6-13(7-5-12)18(22)23/h1-3,10,12-13,16H,4-9,11H2,(H,22,23). The largest absolute Gasteiger partial charge is 0.481 e. The van der Waals surface area contributed by atoms with Gasteiger partial charge >= 0.3 is 5.97 Å². The van der Waals surface area contributed by atoms with Crippen LogP contribution in [0.4, 0.5) is 4.39 Å². The van der Waals surface area contributed by atoms with E-state index < -0.39 is 5.97 Å². The molecule has 6 heteroatoms. The first-order valence-electron chi connectivity index (χ1n) is 8.43. The second-order valence-electron chi connectivity index (χ2n) is 6.59. The van der Waals surface area contributed by atoms with E-state index >= 15 is 0 Å². The van der Waals surface area contributed by atoms with Gasteiger partial charge in [0, 0.05) is 12.5 Å². The fourth-order valence-electron chi connectivity index (χ4n) is 3.60. The number of carboxylic acids is 1. The molecular formula is C18H22FNO4. The number of nitrogens with zero attached hydrogens (tertiary/aromatic N) is 1. The number of carbonyl (C=O) groups excluding carboxylic acids is 1. The molecule has 1 N–H and O–H groups in total. The lowest BCUT2D eigenvalue weighted by Crippen LogP contribution is -2.45. The van der Waals surface area contributed by atoms with Gasteiger partial charge in [-0.25, -0.2) is 4.39 Å². The third kappa shape index (κ3) is 3.75. The van der Waals surface area contributed by atoms with Crippen LogP contribution >= 0.6 is 0 Å². The van der Waals surface area contributed by atoms with Crippen molar-refractivity contribution in [3.05, 3.63) is 35.6 Å². The van der Waals surface area contributed by atoms with Crippen LogP contribution in [-0.4, -0.2) is 41.6 Å². The van der Waals surface area contributed by atoms with Crippen molar-refractivity contribution >= 4 is 11.9 Å². The van der Waals surface area contributed by atoms with Crippen molar-refractivity contribution in [3.8, 4) is 0 Å². The Morgan fingerprint density at radius 3 is 2.54 bits per heavy atom. The van der Waals surface area contributed by atoms with Crippen molar-refractivity contribution in [1.82, 2.24) is 4.90 Å². The molecule has 1 unspecified atom stereocenters. The molecule has 0 spiro atoms. The molecule has 1 aliphatic heterocycles. The van der Waals surface area contributed by atoms with Crippen LogP contribution in [0.3, 0.4) is 0 Å². The summed E-state index contributed by atoms with van der Waals surface area (Å²) in [6.07, 6.45) is 2.05. The zero-order valence-corrected chi connectivity index (χ0v) is 13.5. The van der Waals surface area contributed by atoms with E-state index in [0.29, 0.717) is 45.4 Å². The summed E-state index contributed by atoms with van der Waals surface area (Å²) in [7, 11) is 0. The monoisotopic (exact) mass is 335 g/mol. The molecular weight excluding hydrogens is 313 g/mol. The minimum atomic E-state index is -0.765. The first-order valence-corrected chi connectivity index (χ1v) is 8.43. The zero-order chi connectivity index (χ0) is 17.1. The van der Waals surface area contributed by atoms with Gasteiger partial charge in [-0.2, -0.15) is 0 Å². The summed E-state index contributed by atoms with van der Waals surface area (Å²) < 4.78 is 19.1. The van der Waals surface area contributed by atoms with Crippen molar-refractivity contribution in [2.45, 2.75) is 31.8 Å². The SMILES string of the molecule is O=C(O)C1CCC(C(=O)N2CCOC(c3cccc(F)c3)C2)CC1. The number of carbonyl (C=O) groups is 2. The number of hydrogen-bond acceptors (Lipinski definition) is 3. The fourth-order valence-corrected chi connectivity index (χ4v) is 3.60. The van der Waals surface area contributed by atoms with Gasteiger partial charge in [0.15, 0.2) is 0 Å². The average Bonchev–Trinajstić information content (AvgIpc) is 2.61. The van der Waals surface area contributed by atoms with Gasteiger partial charge in [-0.3, -0.25) is 9.59 Å². The molecule has 24 heavy (non-hydrogen) atoms. The molecule has 1 saturated carbocycles. The lowest BCUT2D eigenvalue weighted by molar-refractivity contribution is -0.148. The van der Waals surface area contributed by atoms with Gasteiger partial charge < -0.3 is 14.7 Å². The Morgan fingerprint density at radius 1 is 1.17 bits per heavy atom. The van der Waals surface area contributed by atoms with Gasteiger partial charge in [-0.15, -0.1) is 0 Å². The van der Waals surface area contributed by atoms with Crippen LogP contribution in [0, 0.1) is 17.7 Å². The number of morpholine rings is 1. The van der Waals surface area contributed by atoms with Crippen molar-refractivity contribution in [2.24, 2.45) is 11.8 Å². The van der Waals surface area contributed by atoms with E-state index in [1.165, 1.54) is 12.1 Å². The van der Waals surface area contributed by atoms with Gasteiger partial charge in [-0.05, 0) is 43.4 Å². The average molecular weight is 335 g/mol. The minimum absolute atomic E-state index is 0.0727. The van der Waals surface area contributed by atoms with Crippen LogP contribution in [0.2, 0.25) is 0 Å². The topological polar surface area (TPSA) is 66.8 Å². The maximum absolute atomic E-state index is 13.4. The number of carboxylic acid groups (broad SMARTS) is 1. The number of rotatable bonds is 3. The van der Waals surface area contributed by atoms with Crippen LogP contribution in [0.15, 0.2) is 24.3 Å². The highest BCUT2D eigenvalue weighted by Gasteiger charge is 2.34. The van der Waals surface area contributed by atoms with E-state index in [1.807, 2.05) is 0 Å². The summed E-state index contributed by atoms with van der Waals surface area (Å²) in [5, 5.41) is 9.05. The van der Waals surface area contributed by atoms with Crippen molar-refractivity contribution < 1.29 is 23.8 Å². The Labute approximate surface area is 140 Å². The molecule has 1 aliphatic carbocycles. The Kier molecular flexibility index (Phi) is 5.14.